The Hall–Kier alpha value is -0.610. The molecule has 0 bridgehead atoms. The van der Waals surface area contributed by atoms with E-state index in [1.54, 1.807) is 0 Å². The first-order chi connectivity index (χ1) is 9.70. The van der Waals surface area contributed by atoms with Crippen molar-refractivity contribution >= 4 is 5.91 Å². The Morgan fingerprint density at radius 3 is 2.80 bits per heavy atom. The number of rotatable bonds is 4. The Morgan fingerprint density at radius 1 is 1.25 bits per heavy atom. The van der Waals surface area contributed by atoms with Gasteiger partial charge in [0.25, 0.3) is 0 Å². The van der Waals surface area contributed by atoms with E-state index in [2.05, 4.69) is 29.1 Å². The second-order valence-electron chi connectivity index (χ2n) is 6.45. The summed E-state index contributed by atoms with van der Waals surface area (Å²) in [5.41, 5.74) is 0. The molecule has 0 aromatic carbocycles. The Morgan fingerprint density at radius 2 is 2.10 bits per heavy atom. The molecule has 2 atom stereocenters. The molecule has 2 aliphatic heterocycles. The molecule has 116 valence electrons. The second kappa shape index (κ2) is 7.99. The van der Waals surface area contributed by atoms with Crippen LogP contribution in [0, 0.1) is 0 Å². The Balaban J connectivity index is 1.82. The zero-order chi connectivity index (χ0) is 14.4. The molecule has 2 unspecified atom stereocenters. The second-order valence-corrected chi connectivity index (χ2v) is 6.45. The number of hydrogen-bond donors (Lipinski definition) is 1. The molecule has 1 amide bonds. The van der Waals surface area contributed by atoms with E-state index in [9.17, 15) is 4.79 Å². The average Bonchev–Trinajstić information content (AvgIpc) is 2.67. The number of nitrogens with zero attached hydrogens (tertiary/aromatic N) is 2. The van der Waals surface area contributed by atoms with Crippen molar-refractivity contribution in [3.05, 3.63) is 0 Å². The average molecular weight is 281 g/mol. The van der Waals surface area contributed by atoms with E-state index in [0.717, 1.165) is 51.9 Å². The van der Waals surface area contributed by atoms with Gasteiger partial charge in [0, 0.05) is 31.6 Å². The summed E-state index contributed by atoms with van der Waals surface area (Å²) in [6.45, 7) is 6.42. The minimum Gasteiger partial charge on any atom is -0.338 e. The molecule has 4 heteroatoms. The van der Waals surface area contributed by atoms with Crippen LogP contribution in [0.25, 0.3) is 0 Å². The van der Waals surface area contributed by atoms with Crippen molar-refractivity contribution < 1.29 is 4.79 Å². The summed E-state index contributed by atoms with van der Waals surface area (Å²) in [6.07, 6.45) is 7.77. The van der Waals surface area contributed by atoms with Gasteiger partial charge < -0.3 is 15.1 Å². The predicted octanol–water partition coefficient (Wildman–Crippen LogP) is 1.85. The molecule has 4 nitrogen and oxygen atoms in total. The van der Waals surface area contributed by atoms with Crippen LogP contribution in [0.4, 0.5) is 0 Å². The van der Waals surface area contributed by atoms with Crippen molar-refractivity contribution in [2.45, 2.75) is 64.0 Å². The van der Waals surface area contributed by atoms with E-state index >= 15 is 0 Å². The number of hydrogen-bond acceptors (Lipinski definition) is 3. The minimum atomic E-state index is 0.375. The van der Waals surface area contributed by atoms with Crippen LogP contribution < -0.4 is 5.32 Å². The number of carbonyl (C=O) groups is 1. The SMILES string of the molecule is CCC1CN(C)CCCN1C(=O)CCC1CCCCN1. The lowest BCUT2D eigenvalue weighted by atomic mass is 10.00. The Bertz CT molecular complexity index is 302. The molecule has 0 aromatic heterocycles. The van der Waals surface area contributed by atoms with Gasteiger partial charge in [-0.1, -0.05) is 13.3 Å². The molecule has 2 saturated heterocycles. The summed E-state index contributed by atoms with van der Waals surface area (Å²) in [5.74, 6) is 0.375. The summed E-state index contributed by atoms with van der Waals surface area (Å²) in [6, 6.07) is 0.983. The first-order valence-electron chi connectivity index (χ1n) is 8.42. The van der Waals surface area contributed by atoms with Crippen LogP contribution in [-0.4, -0.2) is 61.0 Å². The third-order valence-corrected chi connectivity index (χ3v) is 4.81. The van der Waals surface area contributed by atoms with Crippen LogP contribution in [0.5, 0.6) is 0 Å². The molecule has 0 saturated carbocycles. The van der Waals surface area contributed by atoms with E-state index in [-0.39, 0.29) is 0 Å². The summed E-state index contributed by atoms with van der Waals surface area (Å²) < 4.78 is 0. The molecule has 0 radical (unpaired) electrons. The van der Waals surface area contributed by atoms with Gasteiger partial charge in [0.05, 0.1) is 0 Å². The van der Waals surface area contributed by atoms with Crippen LogP contribution in [-0.2, 0) is 4.79 Å². The lowest BCUT2D eigenvalue weighted by Gasteiger charge is -2.31. The third kappa shape index (κ3) is 4.45. The van der Waals surface area contributed by atoms with Gasteiger partial charge in [-0.2, -0.15) is 0 Å². The molecular weight excluding hydrogens is 250 g/mol. The van der Waals surface area contributed by atoms with Gasteiger partial charge in [0.15, 0.2) is 0 Å². The maximum absolute atomic E-state index is 12.5. The maximum atomic E-state index is 12.5. The molecule has 0 spiro atoms. The Labute approximate surface area is 123 Å². The molecule has 2 fully saturated rings. The molecule has 20 heavy (non-hydrogen) atoms. The zero-order valence-electron chi connectivity index (χ0n) is 13.2. The van der Waals surface area contributed by atoms with Gasteiger partial charge in [-0.3, -0.25) is 4.79 Å². The fraction of sp³-hybridized carbons (Fsp3) is 0.938. The van der Waals surface area contributed by atoms with Gasteiger partial charge in [-0.25, -0.2) is 0 Å². The van der Waals surface area contributed by atoms with Gasteiger partial charge in [-0.15, -0.1) is 0 Å². The molecule has 1 N–H and O–H groups in total. The highest BCUT2D eigenvalue weighted by Gasteiger charge is 2.26. The van der Waals surface area contributed by atoms with Crippen molar-refractivity contribution in [2.24, 2.45) is 0 Å². The first-order valence-corrected chi connectivity index (χ1v) is 8.42. The van der Waals surface area contributed by atoms with E-state index in [1.165, 1.54) is 19.3 Å². The van der Waals surface area contributed by atoms with Crippen molar-refractivity contribution in [3.8, 4) is 0 Å². The van der Waals surface area contributed by atoms with Gasteiger partial charge in [0.1, 0.15) is 0 Å². The van der Waals surface area contributed by atoms with Crippen LogP contribution >= 0.6 is 0 Å². The van der Waals surface area contributed by atoms with E-state index in [0.29, 0.717) is 18.0 Å². The van der Waals surface area contributed by atoms with Crippen LogP contribution in [0.1, 0.15) is 51.9 Å². The monoisotopic (exact) mass is 281 g/mol. The highest BCUT2D eigenvalue weighted by molar-refractivity contribution is 5.76. The quantitative estimate of drug-likeness (QED) is 0.854. The predicted molar refractivity (Wildman–Crippen MR) is 82.8 cm³/mol. The van der Waals surface area contributed by atoms with Gasteiger partial charge >= 0.3 is 0 Å². The number of amides is 1. The number of nitrogens with one attached hydrogen (secondary N) is 1. The molecule has 2 aliphatic rings. The number of carbonyl (C=O) groups excluding carboxylic acids is 1. The highest BCUT2D eigenvalue weighted by atomic mass is 16.2. The lowest BCUT2D eigenvalue weighted by Crippen LogP contribution is -2.44. The summed E-state index contributed by atoms with van der Waals surface area (Å²) >= 11 is 0. The lowest BCUT2D eigenvalue weighted by molar-refractivity contribution is -0.133. The standard InChI is InChI=1S/C16H31N3O/c1-3-15-13-18(2)11-6-12-19(15)16(20)9-8-14-7-4-5-10-17-14/h14-15,17H,3-13H2,1-2H3. The third-order valence-electron chi connectivity index (χ3n) is 4.81. The molecule has 2 rings (SSSR count). The van der Waals surface area contributed by atoms with E-state index in [4.69, 9.17) is 0 Å². The number of likely N-dealkylation sites (N-methyl/N-ethyl adjacent to an activating group) is 1. The van der Waals surface area contributed by atoms with E-state index in [1.807, 2.05) is 0 Å². The van der Waals surface area contributed by atoms with Crippen molar-refractivity contribution in [1.29, 1.82) is 0 Å². The normalized spacial score (nSPS) is 29.2. The molecular formula is C16H31N3O. The molecule has 0 aliphatic carbocycles. The van der Waals surface area contributed by atoms with Crippen molar-refractivity contribution in [3.63, 3.8) is 0 Å². The zero-order valence-corrected chi connectivity index (χ0v) is 13.2. The summed E-state index contributed by atoms with van der Waals surface area (Å²) in [5, 5.41) is 3.54. The largest absolute Gasteiger partial charge is 0.338 e. The topological polar surface area (TPSA) is 35.6 Å². The fourth-order valence-electron chi connectivity index (χ4n) is 3.53. The smallest absolute Gasteiger partial charge is 0.222 e. The summed E-state index contributed by atoms with van der Waals surface area (Å²) in [4.78, 5) is 17.1. The van der Waals surface area contributed by atoms with Crippen LogP contribution in [0.15, 0.2) is 0 Å². The summed E-state index contributed by atoms with van der Waals surface area (Å²) in [7, 11) is 2.17. The van der Waals surface area contributed by atoms with Crippen LogP contribution in [0.2, 0.25) is 0 Å². The van der Waals surface area contributed by atoms with Crippen molar-refractivity contribution in [2.75, 3.05) is 33.2 Å². The highest BCUT2D eigenvalue weighted by Crippen LogP contribution is 2.17. The molecule has 0 aromatic rings. The fourth-order valence-corrected chi connectivity index (χ4v) is 3.53. The maximum Gasteiger partial charge on any atom is 0.222 e. The van der Waals surface area contributed by atoms with Gasteiger partial charge in [0.2, 0.25) is 5.91 Å². The van der Waals surface area contributed by atoms with E-state index < -0.39 is 0 Å². The first kappa shape index (κ1) is 15.8. The molecule has 2 heterocycles. The van der Waals surface area contributed by atoms with Gasteiger partial charge in [-0.05, 0) is 52.2 Å². The number of piperidine rings is 1. The van der Waals surface area contributed by atoms with Crippen molar-refractivity contribution in [1.82, 2.24) is 15.1 Å². The Kier molecular flexibility index (Phi) is 6.30. The minimum absolute atomic E-state index is 0.375. The van der Waals surface area contributed by atoms with Crippen LogP contribution in [0.3, 0.4) is 0 Å².